The number of aromatic nitrogens is 1. The number of hydrogen-bond donors (Lipinski definition) is 0. The molecule has 0 saturated heterocycles. The molecule has 0 amide bonds. The molecule has 2 atom stereocenters. The number of hydrogen-bond acceptors (Lipinski definition) is 1. The average Bonchev–Trinajstić information content (AvgIpc) is 3.77. The standard InChI is InChI=1S/C54H38N2/c1-2-14-35(15-3-1)42-21-8-10-25-50(42)56-51-26-11-9-23-45(51)46-31-29-40(34-52(46)56)55(49-27-13-18-36-16-4-6-20-41(36)49)39-28-30-44-47-24-12-19-38-32-37-17-5-7-22-43(37)54(53(38)47)48(44)33-39/h1-10,12-25,27-34,36,41H,11,26H2. The fourth-order valence-corrected chi connectivity index (χ4v) is 10.1. The Labute approximate surface area is 327 Å². The summed E-state index contributed by atoms with van der Waals surface area (Å²) in [6.45, 7) is 0. The molecule has 4 aliphatic carbocycles. The Morgan fingerprint density at radius 2 is 1.36 bits per heavy atom. The summed E-state index contributed by atoms with van der Waals surface area (Å²) in [7, 11) is 0. The monoisotopic (exact) mass is 714 g/mol. The van der Waals surface area contributed by atoms with Crippen molar-refractivity contribution in [1.82, 2.24) is 4.57 Å². The van der Waals surface area contributed by atoms with Gasteiger partial charge in [-0.3, -0.25) is 0 Å². The van der Waals surface area contributed by atoms with Crippen LogP contribution in [0.15, 0.2) is 194 Å². The largest absolute Gasteiger partial charge is 0.313 e. The third-order valence-corrected chi connectivity index (χ3v) is 12.5. The van der Waals surface area contributed by atoms with E-state index >= 15 is 0 Å². The predicted molar refractivity (Wildman–Crippen MR) is 237 cm³/mol. The summed E-state index contributed by atoms with van der Waals surface area (Å²) in [5, 5.41) is 6.54. The van der Waals surface area contributed by atoms with Gasteiger partial charge in [0.1, 0.15) is 0 Å². The zero-order valence-corrected chi connectivity index (χ0v) is 30.9. The molecule has 8 aromatic rings. The van der Waals surface area contributed by atoms with E-state index in [1.807, 2.05) is 0 Å². The van der Waals surface area contributed by atoms with Crippen molar-refractivity contribution in [3.05, 3.63) is 205 Å². The van der Waals surface area contributed by atoms with Crippen LogP contribution in [0.25, 0.3) is 77.6 Å². The van der Waals surface area contributed by atoms with E-state index in [9.17, 15) is 0 Å². The van der Waals surface area contributed by atoms with Gasteiger partial charge < -0.3 is 9.47 Å². The Morgan fingerprint density at radius 1 is 0.571 bits per heavy atom. The summed E-state index contributed by atoms with van der Waals surface area (Å²) in [4.78, 5) is 2.55. The minimum absolute atomic E-state index is 0.220. The Morgan fingerprint density at radius 3 is 2.32 bits per heavy atom. The lowest BCUT2D eigenvalue weighted by atomic mass is 9.82. The highest BCUT2D eigenvalue weighted by Crippen LogP contribution is 2.53. The summed E-state index contributed by atoms with van der Waals surface area (Å²) in [6.07, 6.45) is 22.8. The van der Waals surface area contributed by atoms with Crippen LogP contribution < -0.4 is 4.90 Å². The zero-order valence-electron chi connectivity index (χ0n) is 30.9. The van der Waals surface area contributed by atoms with Crippen molar-refractivity contribution in [2.45, 2.75) is 12.8 Å². The molecule has 0 aliphatic heterocycles. The molecule has 12 rings (SSSR count). The van der Waals surface area contributed by atoms with Crippen molar-refractivity contribution in [2.75, 3.05) is 4.90 Å². The lowest BCUT2D eigenvalue weighted by molar-refractivity contribution is 0.612. The Hall–Kier alpha value is -6.90. The van der Waals surface area contributed by atoms with E-state index < -0.39 is 0 Å². The minimum Gasteiger partial charge on any atom is -0.313 e. The van der Waals surface area contributed by atoms with Crippen LogP contribution >= 0.6 is 0 Å². The molecule has 1 aromatic heterocycles. The molecule has 264 valence electrons. The second-order valence-corrected chi connectivity index (χ2v) is 15.5. The second-order valence-electron chi connectivity index (χ2n) is 15.5. The molecular formula is C54H38N2. The smallest absolute Gasteiger partial charge is 0.0558 e. The average molecular weight is 715 g/mol. The normalized spacial score (nSPS) is 17.3. The molecule has 0 saturated carbocycles. The number of nitrogens with zero attached hydrogens (tertiary/aromatic N) is 2. The van der Waals surface area contributed by atoms with Crippen molar-refractivity contribution >= 4 is 49.9 Å². The van der Waals surface area contributed by atoms with Gasteiger partial charge in [-0.05, 0) is 105 Å². The molecule has 0 bridgehead atoms. The molecule has 0 spiro atoms. The second kappa shape index (κ2) is 12.3. The number of para-hydroxylation sites is 1. The Bertz CT molecular complexity index is 3090. The third kappa shape index (κ3) is 4.63. The third-order valence-electron chi connectivity index (χ3n) is 12.5. The summed E-state index contributed by atoms with van der Waals surface area (Å²) in [5.41, 5.74) is 16.6. The fraction of sp³-hybridized carbons (Fsp3) is 0.0741. The molecule has 0 fully saturated rings. The van der Waals surface area contributed by atoms with E-state index in [0.717, 1.165) is 18.5 Å². The van der Waals surface area contributed by atoms with Gasteiger partial charge in [-0.2, -0.15) is 0 Å². The SMILES string of the molecule is C1=CC2C=CC=C(N(c3ccc4c(c3)-c3c5ccccc5cc5cccc-4c35)c3ccc4c5c(n(-c6ccccc6-c6ccccc6)c4c3)CCC=C5)C2C=C1. The maximum absolute atomic E-state index is 2.56. The molecule has 2 heteroatoms. The fourth-order valence-electron chi connectivity index (χ4n) is 10.1. The lowest BCUT2D eigenvalue weighted by Gasteiger charge is -2.36. The van der Waals surface area contributed by atoms with Crippen molar-refractivity contribution in [1.29, 1.82) is 0 Å². The maximum Gasteiger partial charge on any atom is 0.0558 e. The molecule has 2 unspecified atom stereocenters. The van der Waals surface area contributed by atoms with Crippen molar-refractivity contribution in [3.8, 4) is 39.1 Å². The minimum atomic E-state index is 0.220. The van der Waals surface area contributed by atoms with Crippen LogP contribution in [0, 0.1) is 11.8 Å². The lowest BCUT2D eigenvalue weighted by Crippen LogP contribution is -2.27. The first-order chi connectivity index (χ1) is 27.8. The Kier molecular flexibility index (Phi) is 6.91. The number of allylic oxidation sites excluding steroid dienone is 8. The van der Waals surface area contributed by atoms with Gasteiger partial charge in [-0.15, -0.1) is 0 Å². The van der Waals surface area contributed by atoms with Gasteiger partial charge >= 0.3 is 0 Å². The van der Waals surface area contributed by atoms with Crippen LogP contribution in [-0.2, 0) is 6.42 Å². The van der Waals surface area contributed by atoms with Gasteiger partial charge in [0.15, 0.2) is 0 Å². The summed E-state index contributed by atoms with van der Waals surface area (Å²) in [5.74, 6) is 0.527. The van der Waals surface area contributed by atoms with Crippen molar-refractivity contribution in [3.63, 3.8) is 0 Å². The quantitative estimate of drug-likeness (QED) is 0.161. The zero-order chi connectivity index (χ0) is 36.7. The highest BCUT2D eigenvalue weighted by molar-refractivity contribution is 6.24. The van der Waals surface area contributed by atoms with Crippen LogP contribution in [0.4, 0.5) is 11.4 Å². The van der Waals surface area contributed by atoms with Crippen LogP contribution in [0.3, 0.4) is 0 Å². The number of rotatable bonds is 5. The van der Waals surface area contributed by atoms with Crippen LogP contribution in [0.5, 0.6) is 0 Å². The predicted octanol–water partition coefficient (Wildman–Crippen LogP) is 14.2. The molecule has 4 aliphatic rings. The van der Waals surface area contributed by atoms with Gasteiger partial charge in [0.05, 0.1) is 11.2 Å². The maximum atomic E-state index is 2.56. The van der Waals surface area contributed by atoms with E-state index in [4.69, 9.17) is 0 Å². The van der Waals surface area contributed by atoms with Crippen molar-refractivity contribution in [2.24, 2.45) is 11.8 Å². The first-order valence-corrected chi connectivity index (χ1v) is 19.9. The van der Waals surface area contributed by atoms with E-state index in [0.29, 0.717) is 5.92 Å². The Balaban J connectivity index is 1.11. The first kappa shape index (κ1) is 31.5. The molecule has 0 radical (unpaired) electrons. The van der Waals surface area contributed by atoms with Crippen LogP contribution in [0.2, 0.25) is 0 Å². The molecule has 56 heavy (non-hydrogen) atoms. The van der Waals surface area contributed by atoms with E-state index in [2.05, 4.69) is 204 Å². The van der Waals surface area contributed by atoms with Gasteiger partial charge in [0.2, 0.25) is 0 Å². The molecule has 7 aromatic carbocycles. The van der Waals surface area contributed by atoms with Crippen LogP contribution in [-0.4, -0.2) is 4.57 Å². The van der Waals surface area contributed by atoms with E-state index in [1.54, 1.807) is 0 Å². The summed E-state index contributed by atoms with van der Waals surface area (Å²) >= 11 is 0. The van der Waals surface area contributed by atoms with Crippen molar-refractivity contribution < 1.29 is 0 Å². The molecule has 2 nitrogen and oxygen atoms in total. The van der Waals surface area contributed by atoms with Gasteiger partial charge in [0.25, 0.3) is 0 Å². The number of fused-ring (bicyclic) bond motifs is 9. The summed E-state index contributed by atoms with van der Waals surface area (Å²) < 4.78 is 2.56. The first-order valence-electron chi connectivity index (χ1n) is 19.9. The van der Waals surface area contributed by atoms with E-state index in [-0.39, 0.29) is 5.92 Å². The summed E-state index contributed by atoms with van der Waals surface area (Å²) in [6, 6.07) is 52.1. The molecule has 0 N–H and O–H groups in total. The number of anilines is 2. The number of benzene rings is 7. The van der Waals surface area contributed by atoms with Crippen LogP contribution in [0.1, 0.15) is 17.7 Å². The highest BCUT2D eigenvalue weighted by Gasteiger charge is 2.31. The molecular weight excluding hydrogens is 677 g/mol. The highest BCUT2D eigenvalue weighted by atomic mass is 15.2. The van der Waals surface area contributed by atoms with Gasteiger partial charge in [0, 0.05) is 51.1 Å². The van der Waals surface area contributed by atoms with Gasteiger partial charge in [-0.25, -0.2) is 0 Å². The topological polar surface area (TPSA) is 8.17 Å². The molecule has 1 heterocycles. The van der Waals surface area contributed by atoms with Gasteiger partial charge in [-0.1, -0.05) is 152 Å². The van der Waals surface area contributed by atoms with E-state index in [1.165, 1.54) is 94.2 Å².